The molecule has 1 fully saturated rings. The van der Waals surface area contributed by atoms with E-state index in [4.69, 9.17) is 4.74 Å². The number of ether oxygens (including phenoxy) is 1. The number of carbonyl (C=O) groups is 2. The fourth-order valence-corrected chi connectivity index (χ4v) is 5.53. The molecule has 1 unspecified atom stereocenters. The Morgan fingerprint density at radius 2 is 1.86 bits per heavy atom. The molecular formula is C29H44BF3N4O5. The average Bonchev–Trinajstić information content (AvgIpc) is 2.89. The predicted molar refractivity (Wildman–Crippen MR) is 153 cm³/mol. The van der Waals surface area contributed by atoms with E-state index in [1.807, 2.05) is 27.7 Å². The summed E-state index contributed by atoms with van der Waals surface area (Å²) < 4.78 is 44.8. The Morgan fingerprint density at radius 3 is 2.43 bits per heavy atom. The molecule has 13 heteroatoms. The van der Waals surface area contributed by atoms with Gasteiger partial charge in [-0.3, -0.25) is 14.9 Å². The van der Waals surface area contributed by atoms with E-state index in [0.29, 0.717) is 24.9 Å². The van der Waals surface area contributed by atoms with E-state index in [2.05, 4.69) is 16.7 Å². The number of hydrogen-bond acceptors (Lipinski definition) is 7. The summed E-state index contributed by atoms with van der Waals surface area (Å²) in [7, 11) is -1.95. The van der Waals surface area contributed by atoms with Gasteiger partial charge in [0.1, 0.15) is 12.0 Å². The Balaban J connectivity index is 2.10. The van der Waals surface area contributed by atoms with E-state index in [0.717, 1.165) is 12.8 Å². The minimum atomic E-state index is -4.60. The smallest absolute Gasteiger partial charge is 0.426 e. The molecule has 2 rings (SSSR count). The van der Waals surface area contributed by atoms with Gasteiger partial charge < -0.3 is 25.0 Å². The summed E-state index contributed by atoms with van der Waals surface area (Å²) in [6.45, 7) is 6.38. The standard InChI is InChI=1S/C29H44BF3N4O5/c1-20(2)15-28(3,4)23(16-34)27(39)37-13-9-8-12-22(37)17-42-18-24(35-19-29(31,32)33)26(38)36-25(30(40)41)14-21-10-6-5-7-11-21/h5-7,10-11,20,22-25,35,40-41H,8-9,12-15,17-19H2,1-4H3,(H,36,38)/t22-,23?,24+,25+/m1/s1. The van der Waals surface area contributed by atoms with Gasteiger partial charge in [-0.25, -0.2) is 0 Å². The van der Waals surface area contributed by atoms with Crippen LogP contribution in [0.1, 0.15) is 58.9 Å². The number of likely N-dealkylation sites (tertiary alicyclic amines) is 1. The number of rotatable bonds is 15. The Kier molecular flexibility index (Phi) is 13.8. The third-order valence-electron chi connectivity index (χ3n) is 7.45. The number of carbonyl (C=O) groups excluding carboxylic acids is 2. The molecular weight excluding hydrogens is 552 g/mol. The van der Waals surface area contributed by atoms with E-state index >= 15 is 0 Å². The molecule has 234 valence electrons. The average molecular weight is 597 g/mol. The van der Waals surface area contributed by atoms with Crippen molar-refractivity contribution >= 4 is 18.9 Å². The Bertz CT molecular complexity index is 1040. The molecule has 9 nitrogen and oxygen atoms in total. The Hall–Kier alpha value is -2.66. The van der Waals surface area contributed by atoms with Gasteiger partial charge in [0.15, 0.2) is 0 Å². The van der Waals surface area contributed by atoms with Gasteiger partial charge in [0.25, 0.3) is 0 Å². The first-order valence-corrected chi connectivity index (χ1v) is 14.4. The van der Waals surface area contributed by atoms with Crippen molar-refractivity contribution in [2.45, 2.75) is 84.0 Å². The van der Waals surface area contributed by atoms with Gasteiger partial charge in [-0.2, -0.15) is 18.4 Å². The first-order chi connectivity index (χ1) is 19.6. The first kappa shape index (κ1) is 35.5. The van der Waals surface area contributed by atoms with E-state index < -0.39 is 61.7 Å². The van der Waals surface area contributed by atoms with Crippen molar-refractivity contribution < 1.29 is 37.5 Å². The Labute approximate surface area is 246 Å². The number of piperidine rings is 1. The summed E-state index contributed by atoms with van der Waals surface area (Å²) in [6, 6.07) is 9.04. The van der Waals surface area contributed by atoms with Crippen molar-refractivity contribution in [1.82, 2.24) is 15.5 Å². The number of amides is 2. The summed E-state index contributed by atoms with van der Waals surface area (Å²) in [5.74, 6) is -2.92. The second kappa shape index (κ2) is 16.3. The van der Waals surface area contributed by atoms with Crippen molar-refractivity contribution in [1.29, 1.82) is 5.26 Å². The summed E-state index contributed by atoms with van der Waals surface area (Å²) >= 11 is 0. The lowest BCUT2D eigenvalue weighted by Gasteiger charge is -2.40. The van der Waals surface area contributed by atoms with Crippen LogP contribution in [-0.2, 0) is 20.7 Å². The number of halogens is 3. The molecule has 1 saturated heterocycles. The summed E-state index contributed by atoms with van der Waals surface area (Å²) in [5.41, 5.74) is 0.141. The minimum Gasteiger partial charge on any atom is -0.426 e. The van der Waals surface area contributed by atoms with Gasteiger partial charge in [-0.15, -0.1) is 0 Å². The van der Waals surface area contributed by atoms with Crippen LogP contribution in [0.5, 0.6) is 0 Å². The molecule has 42 heavy (non-hydrogen) atoms. The fraction of sp³-hybridized carbons (Fsp3) is 0.690. The molecule has 1 heterocycles. The van der Waals surface area contributed by atoms with Crippen LogP contribution in [0.15, 0.2) is 30.3 Å². The third-order valence-corrected chi connectivity index (χ3v) is 7.45. The van der Waals surface area contributed by atoms with Crippen LogP contribution in [0.3, 0.4) is 0 Å². The quantitative estimate of drug-likeness (QED) is 0.229. The Morgan fingerprint density at radius 1 is 1.19 bits per heavy atom. The third kappa shape index (κ3) is 11.6. The minimum absolute atomic E-state index is 0.0257. The highest BCUT2D eigenvalue weighted by Crippen LogP contribution is 2.36. The van der Waals surface area contributed by atoms with Crippen LogP contribution < -0.4 is 10.6 Å². The zero-order chi connectivity index (χ0) is 31.5. The van der Waals surface area contributed by atoms with Crippen LogP contribution in [0.2, 0.25) is 0 Å². The molecule has 0 saturated carbocycles. The maximum Gasteiger partial charge on any atom is 0.475 e. The number of hydrogen-bond donors (Lipinski definition) is 4. The van der Waals surface area contributed by atoms with Gasteiger partial charge >= 0.3 is 13.3 Å². The zero-order valence-electron chi connectivity index (χ0n) is 24.9. The summed E-state index contributed by atoms with van der Waals surface area (Å²) in [4.78, 5) is 28.2. The van der Waals surface area contributed by atoms with Crippen LogP contribution in [0.4, 0.5) is 13.2 Å². The molecule has 0 bridgehead atoms. The van der Waals surface area contributed by atoms with Crippen molar-refractivity contribution in [3.8, 4) is 6.07 Å². The maximum absolute atomic E-state index is 13.5. The van der Waals surface area contributed by atoms with Crippen molar-refractivity contribution in [3.63, 3.8) is 0 Å². The van der Waals surface area contributed by atoms with E-state index in [-0.39, 0.29) is 24.9 Å². The number of nitrogens with zero attached hydrogens (tertiary/aromatic N) is 2. The van der Waals surface area contributed by atoms with Crippen molar-refractivity contribution in [2.24, 2.45) is 17.3 Å². The maximum atomic E-state index is 13.5. The fourth-order valence-electron chi connectivity index (χ4n) is 5.53. The highest BCUT2D eigenvalue weighted by molar-refractivity contribution is 6.43. The molecule has 4 atom stereocenters. The van der Waals surface area contributed by atoms with Gasteiger partial charge in [-0.05, 0) is 49.0 Å². The van der Waals surface area contributed by atoms with Gasteiger partial charge in [0, 0.05) is 6.54 Å². The van der Waals surface area contributed by atoms with Crippen LogP contribution >= 0.6 is 0 Å². The van der Waals surface area contributed by atoms with Crippen LogP contribution in [-0.4, -0.2) is 84.4 Å². The van der Waals surface area contributed by atoms with Crippen molar-refractivity contribution in [2.75, 3.05) is 26.3 Å². The zero-order valence-corrected chi connectivity index (χ0v) is 24.9. The lowest BCUT2D eigenvalue weighted by Crippen LogP contribution is -2.56. The number of benzene rings is 1. The molecule has 1 aromatic rings. The second-order valence-corrected chi connectivity index (χ2v) is 12.1. The number of alkyl halides is 3. The van der Waals surface area contributed by atoms with E-state index in [1.165, 1.54) is 0 Å². The summed E-state index contributed by atoms with van der Waals surface area (Å²) in [5, 5.41) is 34.1. The van der Waals surface area contributed by atoms with Gasteiger partial charge in [-0.1, -0.05) is 58.0 Å². The normalized spacial score (nSPS) is 18.2. The predicted octanol–water partition coefficient (Wildman–Crippen LogP) is 2.86. The molecule has 0 aromatic heterocycles. The van der Waals surface area contributed by atoms with Gasteiger partial charge in [0.05, 0.1) is 37.8 Å². The number of nitrogens with one attached hydrogen (secondary N) is 2. The highest BCUT2D eigenvalue weighted by atomic mass is 19.4. The first-order valence-electron chi connectivity index (χ1n) is 14.4. The molecule has 2 amide bonds. The molecule has 4 N–H and O–H groups in total. The van der Waals surface area contributed by atoms with Crippen LogP contribution in [0.25, 0.3) is 0 Å². The molecule has 1 aliphatic rings. The molecule has 1 aliphatic heterocycles. The van der Waals surface area contributed by atoms with Crippen LogP contribution in [0, 0.1) is 28.6 Å². The molecule has 0 aliphatic carbocycles. The SMILES string of the molecule is CC(C)CC(C)(C)C(C#N)C(=O)N1CCCC[C@@H]1COC[C@H](NCC(F)(F)F)C(=O)N[C@@H](Cc1ccccc1)B(O)O. The van der Waals surface area contributed by atoms with Crippen molar-refractivity contribution in [3.05, 3.63) is 35.9 Å². The lowest BCUT2D eigenvalue weighted by molar-refractivity contribution is -0.144. The molecule has 1 aromatic carbocycles. The largest absolute Gasteiger partial charge is 0.475 e. The lowest BCUT2D eigenvalue weighted by atomic mass is 9.73. The molecule has 0 radical (unpaired) electrons. The molecule has 0 spiro atoms. The van der Waals surface area contributed by atoms with E-state index in [1.54, 1.807) is 35.2 Å². The van der Waals surface area contributed by atoms with Gasteiger partial charge in [0.2, 0.25) is 11.8 Å². The monoisotopic (exact) mass is 596 g/mol. The topological polar surface area (TPSA) is 135 Å². The second-order valence-electron chi connectivity index (χ2n) is 12.1. The number of nitriles is 1. The summed E-state index contributed by atoms with van der Waals surface area (Å²) in [6.07, 6.45) is -1.70. The highest BCUT2D eigenvalue weighted by Gasteiger charge is 2.41. The van der Waals surface area contributed by atoms with E-state index in [9.17, 15) is 38.1 Å².